The summed E-state index contributed by atoms with van der Waals surface area (Å²) in [5, 5.41) is 3.93. The van der Waals surface area contributed by atoms with Gasteiger partial charge in [0, 0.05) is 37.9 Å². The van der Waals surface area contributed by atoms with Gasteiger partial charge in [-0.25, -0.2) is 9.97 Å². The smallest absolute Gasteiger partial charge is 0.130 e. The number of hydrogen-bond donors (Lipinski definition) is 1. The Morgan fingerprint density at radius 1 is 1.14 bits per heavy atom. The molecule has 1 N–H and O–H groups in total. The van der Waals surface area contributed by atoms with Gasteiger partial charge in [0.05, 0.1) is 5.69 Å². The second kappa shape index (κ2) is 5.86. The van der Waals surface area contributed by atoms with Crippen LogP contribution in [0.3, 0.4) is 0 Å². The first-order chi connectivity index (χ1) is 10.8. The van der Waals surface area contributed by atoms with Gasteiger partial charge in [-0.1, -0.05) is 11.6 Å². The van der Waals surface area contributed by atoms with Crippen molar-refractivity contribution in [1.29, 1.82) is 0 Å². The number of halogens is 1. The molecule has 0 aromatic carbocycles. The predicted octanol–water partition coefficient (Wildman–Crippen LogP) is 3.08. The minimum absolute atomic E-state index is 0.575. The minimum Gasteiger partial charge on any atom is -0.354 e. The highest BCUT2D eigenvalue weighted by molar-refractivity contribution is 6.29. The summed E-state index contributed by atoms with van der Waals surface area (Å²) in [6.45, 7) is 4.05. The summed E-state index contributed by atoms with van der Waals surface area (Å²) < 4.78 is 0. The van der Waals surface area contributed by atoms with E-state index in [1.165, 1.54) is 18.4 Å². The number of anilines is 1. The molecule has 0 amide bonds. The number of pyridine rings is 2. The van der Waals surface area contributed by atoms with Crippen LogP contribution in [0, 0.1) is 0 Å². The van der Waals surface area contributed by atoms with Gasteiger partial charge in [-0.3, -0.25) is 0 Å². The third-order valence-electron chi connectivity index (χ3n) is 4.35. The summed E-state index contributed by atoms with van der Waals surface area (Å²) in [5.41, 5.74) is 3.26. The summed E-state index contributed by atoms with van der Waals surface area (Å²) in [6.07, 6.45) is 4.44. The van der Waals surface area contributed by atoms with Crippen molar-refractivity contribution in [2.45, 2.75) is 18.8 Å². The van der Waals surface area contributed by atoms with Crippen molar-refractivity contribution < 1.29 is 0 Å². The number of hydrogen-bond acceptors (Lipinski definition) is 4. The second-order valence-electron chi connectivity index (χ2n) is 6.02. The highest BCUT2D eigenvalue weighted by Gasteiger charge is 2.24. The van der Waals surface area contributed by atoms with Crippen LogP contribution in [-0.2, 0) is 0 Å². The third kappa shape index (κ3) is 2.94. The molecule has 0 unspecified atom stereocenters. The Morgan fingerprint density at radius 2 is 1.95 bits per heavy atom. The zero-order valence-electron chi connectivity index (χ0n) is 12.4. The topological polar surface area (TPSA) is 41.0 Å². The Morgan fingerprint density at radius 3 is 2.64 bits per heavy atom. The fourth-order valence-electron chi connectivity index (χ4n) is 2.94. The fraction of sp³-hybridized carbons (Fsp3) is 0.412. The van der Waals surface area contributed by atoms with Crippen LogP contribution in [0.4, 0.5) is 5.82 Å². The van der Waals surface area contributed by atoms with Gasteiger partial charge in [-0.05, 0) is 48.6 Å². The molecule has 1 saturated heterocycles. The summed E-state index contributed by atoms with van der Waals surface area (Å²) >= 11 is 6.18. The lowest BCUT2D eigenvalue weighted by atomic mass is 10.1. The van der Waals surface area contributed by atoms with E-state index >= 15 is 0 Å². The van der Waals surface area contributed by atoms with Crippen LogP contribution in [0.5, 0.6) is 0 Å². The van der Waals surface area contributed by atoms with Gasteiger partial charge < -0.3 is 10.2 Å². The van der Waals surface area contributed by atoms with E-state index in [4.69, 9.17) is 11.6 Å². The number of rotatable bonds is 3. The highest BCUT2D eigenvalue weighted by Crippen LogP contribution is 2.41. The first-order valence-electron chi connectivity index (χ1n) is 7.89. The molecule has 2 aromatic heterocycles. The van der Waals surface area contributed by atoms with Gasteiger partial charge in [0.2, 0.25) is 0 Å². The first kappa shape index (κ1) is 14.0. The zero-order valence-corrected chi connectivity index (χ0v) is 13.2. The lowest BCUT2D eigenvalue weighted by molar-refractivity contribution is 0.585. The molecule has 4 nitrogen and oxygen atoms in total. The molecule has 22 heavy (non-hydrogen) atoms. The Kier molecular flexibility index (Phi) is 3.72. The molecular formula is C17H19ClN4. The van der Waals surface area contributed by atoms with E-state index in [1.807, 2.05) is 12.3 Å². The molecule has 2 aromatic rings. The molecule has 0 atom stereocenters. The predicted molar refractivity (Wildman–Crippen MR) is 89.5 cm³/mol. The van der Waals surface area contributed by atoms with E-state index in [0.717, 1.165) is 43.3 Å². The molecule has 1 saturated carbocycles. The number of piperazine rings is 1. The van der Waals surface area contributed by atoms with E-state index in [2.05, 4.69) is 38.4 Å². The molecule has 5 heteroatoms. The summed E-state index contributed by atoms with van der Waals surface area (Å²) in [7, 11) is 0. The summed E-state index contributed by atoms with van der Waals surface area (Å²) in [5.74, 6) is 1.71. The van der Waals surface area contributed by atoms with Gasteiger partial charge in [-0.2, -0.15) is 0 Å². The average molecular weight is 315 g/mol. The Bertz CT molecular complexity index is 661. The normalized spacial score (nSPS) is 18.5. The SMILES string of the molecule is Clc1cc(C2CC2)cc(-c2ccc(N3CCNCC3)nc2)n1. The summed E-state index contributed by atoms with van der Waals surface area (Å²) in [4.78, 5) is 11.4. The largest absolute Gasteiger partial charge is 0.354 e. The highest BCUT2D eigenvalue weighted by atomic mass is 35.5. The molecule has 0 radical (unpaired) electrons. The zero-order chi connectivity index (χ0) is 14.9. The second-order valence-corrected chi connectivity index (χ2v) is 6.41. The Hall–Kier alpha value is -1.65. The van der Waals surface area contributed by atoms with Crippen molar-refractivity contribution in [3.05, 3.63) is 41.2 Å². The van der Waals surface area contributed by atoms with E-state index in [9.17, 15) is 0 Å². The van der Waals surface area contributed by atoms with Crippen molar-refractivity contribution in [1.82, 2.24) is 15.3 Å². The molecule has 1 aliphatic heterocycles. The fourth-order valence-corrected chi connectivity index (χ4v) is 3.15. The van der Waals surface area contributed by atoms with Gasteiger partial charge in [0.15, 0.2) is 0 Å². The number of aromatic nitrogens is 2. The van der Waals surface area contributed by atoms with Gasteiger partial charge in [0.25, 0.3) is 0 Å². The molecule has 1 aliphatic carbocycles. The van der Waals surface area contributed by atoms with Crippen LogP contribution in [0.2, 0.25) is 5.15 Å². The van der Waals surface area contributed by atoms with Crippen molar-refractivity contribution >= 4 is 17.4 Å². The molecule has 114 valence electrons. The number of nitrogens with zero attached hydrogens (tertiary/aromatic N) is 3. The lowest BCUT2D eigenvalue weighted by Crippen LogP contribution is -2.43. The monoisotopic (exact) mass is 314 g/mol. The van der Waals surface area contributed by atoms with Crippen LogP contribution >= 0.6 is 11.6 Å². The Balaban J connectivity index is 1.59. The lowest BCUT2D eigenvalue weighted by Gasteiger charge is -2.28. The molecule has 0 bridgehead atoms. The van der Waals surface area contributed by atoms with Crippen molar-refractivity contribution in [2.75, 3.05) is 31.1 Å². The van der Waals surface area contributed by atoms with Gasteiger partial charge in [-0.15, -0.1) is 0 Å². The summed E-state index contributed by atoms with van der Waals surface area (Å²) in [6, 6.07) is 8.33. The van der Waals surface area contributed by atoms with Crippen LogP contribution in [0.1, 0.15) is 24.3 Å². The van der Waals surface area contributed by atoms with E-state index in [1.54, 1.807) is 0 Å². The molecule has 4 rings (SSSR count). The van der Waals surface area contributed by atoms with Crippen LogP contribution < -0.4 is 10.2 Å². The van der Waals surface area contributed by atoms with Crippen molar-refractivity contribution in [3.63, 3.8) is 0 Å². The molecule has 0 spiro atoms. The minimum atomic E-state index is 0.575. The maximum atomic E-state index is 6.18. The number of nitrogens with one attached hydrogen (secondary N) is 1. The standard InChI is InChI=1S/C17H19ClN4/c18-16-10-14(12-1-2-12)9-15(21-16)13-3-4-17(20-11-13)22-7-5-19-6-8-22/h3-4,9-12,19H,1-2,5-8H2. The molecular weight excluding hydrogens is 296 g/mol. The molecule has 2 aliphatic rings. The maximum absolute atomic E-state index is 6.18. The quantitative estimate of drug-likeness (QED) is 0.884. The van der Waals surface area contributed by atoms with E-state index in [0.29, 0.717) is 11.1 Å². The van der Waals surface area contributed by atoms with Crippen LogP contribution in [0.25, 0.3) is 11.3 Å². The van der Waals surface area contributed by atoms with Gasteiger partial charge in [0.1, 0.15) is 11.0 Å². The van der Waals surface area contributed by atoms with E-state index in [-0.39, 0.29) is 0 Å². The van der Waals surface area contributed by atoms with Crippen molar-refractivity contribution in [3.8, 4) is 11.3 Å². The molecule has 2 fully saturated rings. The van der Waals surface area contributed by atoms with Crippen molar-refractivity contribution in [2.24, 2.45) is 0 Å². The maximum Gasteiger partial charge on any atom is 0.130 e. The average Bonchev–Trinajstić information content (AvgIpc) is 3.40. The Labute approximate surface area is 135 Å². The van der Waals surface area contributed by atoms with E-state index < -0.39 is 0 Å². The molecule has 3 heterocycles. The van der Waals surface area contributed by atoms with Crippen LogP contribution in [0.15, 0.2) is 30.5 Å². The van der Waals surface area contributed by atoms with Crippen LogP contribution in [-0.4, -0.2) is 36.1 Å². The first-order valence-corrected chi connectivity index (χ1v) is 8.27. The third-order valence-corrected chi connectivity index (χ3v) is 4.54. The van der Waals surface area contributed by atoms with Gasteiger partial charge >= 0.3 is 0 Å².